The molecule has 5 rings (SSSR count). The molecule has 0 radical (unpaired) electrons. The Hall–Kier alpha value is -2.71. The van der Waals surface area contributed by atoms with Gasteiger partial charge >= 0.3 is 5.97 Å². The maximum absolute atomic E-state index is 12.2. The highest BCUT2D eigenvalue weighted by molar-refractivity contribution is 6.30. The van der Waals surface area contributed by atoms with Gasteiger partial charge in [0.15, 0.2) is 5.60 Å². The van der Waals surface area contributed by atoms with Crippen LogP contribution in [0, 0.1) is 39.7 Å². The number of benzene rings is 1. The molecule has 0 amide bonds. The summed E-state index contributed by atoms with van der Waals surface area (Å²) in [5, 5.41) is 21.9. The first kappa shape index (κ1) is 24.0. The molecule has 2 aliphatic carbocycles. The number of halogens is 1. The van der Waals surface area contributed by atoms with Crippen molar-refractivity contribution in [2.24, 2.45) is 22.7 Å². The van der Waals surface area contributed by atoms with Crippen LogP contribution in [-0.2, 0) is 26.6 Å². The highest BCUT2D eigenvalue weighted by Gasteiger charge is 2.77. The molecule has 2 bridgehead atoms. The van der Waals surface area contributed by atoms with Gasteiger partial charge < -0.3 is 14.7 Å². The van der Waals surface area contributed by atoms with Gasteiger partial charge in [-0.2, -0.15) is 0 Å². The van der Waals surface area contributed by atoms with Gasteiger partial charge in [-0.05, 0) is 54.4 Å². The molecule has 9 heteroatoms. The van der Waals surface area contributed by atoms with Crippen molar-refractivity contribution < 1.29 is 24.6 Å². The van der Waals surface area contributed by atoms with E-state index in [-0.39, 0.29) is 12.3 Å². The smallest absolute Gasteiger partial charge is 0.303 e. The summed E-state index contributed by atoms with van der Waals surface area (Å²) in [6.07, 6.45) is 2.50. The predicted molar refractivity (Wildman–Crippen MR) is 127 cm³/mol. The molecule has 2 fully saturated rings. The zero-order valence-electron chi connectivity index (χ0n) is 20.2. The first-order valence-corrected chi connectivity index (χ1v) is 12.2. The maximum Gasteiger partial charge on any atom is 0.303 e. The topological polar surface area (TPSA) is 112 Å². The average molecular weight is 501 g/mol. The van der Waals surface area contributed by atoms with E-state index in [4.69, 9.17) is 21.2 Å². The number of aliphatic carboxylic acids is 1. The van der Waals surface area contributed by atoms with Crippen LogP contribution in [0.2, 0.25) is 5.02 Å². The number of aryl methyl sites for hydroxylation is 1. The van der Waals surface area contributed by atoms with Crippen LogP contribution in [0.3, 0.4) is 0 Å². The Balaban J connectivity index is 1.83. The van der Waals surface area contributed by atoms with Gasteiger partial charge in [0.25, 0.3) is 5.09 Å². The first-order chi connectivity index (χ1) is 16.4. The summed E-state index contributed by atoms with van der Waals surface area (Å²) in [5.74, 6) is -1.66. The molecule has 3 aliphatic rings. The molecule has 5 atom stereocenters. The van der Waals surface area contributed by atoms with Crippen LogP contribution in [0.4, 0.5) is 0 Å². The number of aromatic nitrogens is 1. The zero-order valence-corrected chi connectivity index (χ0v) is 21.0. The largest absolute Gasteiger partial charge is 0.481 e. The van der Waals surface area contributed by atoms with E-state index in [1.807, 2.05) is 26.0 Å². The number of carbonyl (C=O) groups is 1. The molecule has 2 saturated carbocycles. The van der Waals surface area contributed by atoms with E-state index in [9.17, 15) is 20.0 Å². The summed E-state index contributed by atoms with van der Waals surface area (Å²) in [7, 11) is 0. The lowest BCUT2D eigenvalue weighted by Crippen LogP contribution is -2.53. The lowest BCUT2D eigenvalue weighted by Gasteiger charge is -2.50. The monoisotopic (exact) mass is 500 g/mol. The molecular formula is C26H29ClN2O6. The third-order valence-electron chi connectivity index (χ3n) is 9.35. The van der Waals surface area contributed by atoms with Crippen molar-refractivity contribution in [1.29, 1.82) is 0 Å². The van der Waals surface area contributed by atoms with Gasteiger partial charge in [-0.15, -0.1) is 10.1 Å². The fourth-order valence-electron chi connectivity index (χ4n) is 7.57. The van der Waals surface area contributed by atoms with Gasteiger partial charge in [-0.25, -0.2) is 0 Å². The number of nitrogens with zero attached hydrogens (tertiary/aromatic N) is 2. The molecule has 1 aromatic carbocycles. The standard InChI is InChI=1S/C26H29ClN2O6/c1-14-22(21-16(12-28-14)13-34-23(21)15-5-7-17(27)8-6-15)26(35-29(32)33)19(11-20(30)31)18-9-10-25(26,4)24(18,2)3/h5-8,12,18-19,23H,9-11,13H2,1-4H3,(H,30,31)/t18-,19?,23?,25?,26?/m0/s1. The normalized spacial score (nSPS) is 32.4. The second-order valence-electron chi connectivity index (χ2n) is 10.9. The molecule has 2 heterocycles. The van der Waals surface area contributed by atoms with Crippen molar-refractivity contribution in [2.45, 2.75) is 65.3 Å². The molecule has 2 aromatic rings. The fourth-order valence-corrected chi connectivity index (χ4v) is 7.69. The van der Waals surface area contributed by atoms with E-state index in [1.54, 1.807) is 18.3 Å². The molecular weight excluding hydrogens is 472 g/mol. The number of hydrogen-bond acceptors (Lipinski definition) is 6. The second-order valence-corrected chi connectivity index (χ2v) is 11.3. The van der Waals surface area contributed by atoms with Gasteiger partial charge in [-0.1, -0.05) is 44.5 Å². The number of carboxylic acid groups (broad SMARTS) is 1. The average Bonchev–Trinajstić information content (AvgIpc) is 3.33. The van der Waals surface area contributed by atoms with E-state index in [0.717, 1.165) is 23.1 Å². The Morgan fingerprint density at radius 2 is 2.00 bits per heavy atom. The number of hydrogen-bond donors (Lipinski definition) is 1. The number of carboxylic acids is 1. The molecule has 35 heavy (non-hydrogen) atoms. The molecule has 186 valence electrons. The van der Waals surface area contributed by atoms with Crippen molar-refractivity contribution in [3.63, 3.8) is 0 Å². The lowest BCUT2D eigenvalue weighted by atomic mass is 9.59. The van der Waals surface area contributed by atoms with Crippen molar-refractivity contribution in [2.75, 3.05) is 0 Å². The van der Waals surface area contributed by atoms with E-state index < -0.39 is 39.5 Å². The second kappa shape index (κ2) is 7.90. The first-order valence-electron chi connectivity index (χ1n) is 11.8. The Morgan fingerprint density at radius 1 is 1.31 bits per heavy atom. The van der Waals surface area contributed by atoms with E-state index in [0.29, 0.717) is 29.3 Å². The highest BCUT2D eigenvalue weighted by Crippen LogP contribution is 2.77. The van der Waals surface area contributed by atoms with Gasteiger partial charge in [0.2, 0.25) is 0 Å². The Bertz CT molecular complexity index is 1220. The summed E-state index contributed by atoms with van der Waals surface area (Å²) in [6, 6.07) is 7.32. The summed E-state index contributed by atoms with van der Waals surface area (Å²) in [4.78, 5) is 34.7. The summed E-state index contributed by atoms with van der Waals surface area (Å²) in [5.41, 5.74) is 1.10. The molecule has 1 N–H and O–H groups in total. The Kier molecular flexibility index (Phi) is 5.42. The summed E-state index contributed by atoms with van der Waals surface area (Å²) >= 11 is 6.12. The highest BCUT2D eigenvalue weighted by atomic mass is 35.5. The minimum atomic E-state index is -1.48. The minimum Gasteiger partial charge on any atom is -0.481 e. The van der Waals surface area contributed by atoms with Crippen LogP contribution < -0.4 is 0 Å². The lowest BCUT2D eigenvalue weighted by molar-refractivity contribution is -0.793. The van der Waals surface area contributed by atoms with Crippen LogP contribution in [0.5, 0.6) is 0 Å². The SMILES string of the molecule is Cc1ncc2c(c1C1(O[N+](=O)[O-])C(CC(=O)O)[C@@H]3CCC1(C)C3(C)C)C(c1ccc(Cl)cc1)OC2. The van der Waals surface area contributed by atoms with Gasteiger partial charge in [0, 0.05) is 39.4 Å². The summed E-state index contributed by atoms with van der Waals surface area (Å²) in [6.45, 7) is 8.31. The van der Waals surface area contributed by atoms with Crippen LogP contribution in [0.1, 0.15) is 74.1 Å². The molecule has 0 saturated heterocycles. The molecule has 0 spiro atoms. The predicted octanol–water partition coefficient (Wildman–Crippen LogP) is 5.61. The molecule has 8 nitrogen and oxygen atoms in total. The van der Waals surface area contributed by atoms with E-state index >= 15 is 0 Å². The molecule has 1 aliphatic heterocycles. The van der Waals surface area contributed by atoms with Crippen molar-refractivity contribution in [3.05, 3.63) is 73.5 Å². The van der Waals surface area contributed by atoms with Crippen molar-refractivity contribution in [1.82, 2.24) is 4.98 Å². The Labute approximate surface area is 208 Å². The van der Waals surface area contributed by atoms with Crippen molar-refractivity contribution in [3.8, 4) is 0 Å². The van der Waals surface area contributed by atoms with Crippen LogP contribution in [0.25, 0.3) is 0 Å². The third-order valence-corrected chi connectivity index (χ3v) is 9.60. The van der Waals surface area contributed by atoms with Crippen LogP contribution in [0.15, 0.2) is 30.5 Å². The van der Waals surface area contributed by atoms with Crippen molar-refractivity contribution >= 4 is 17.6 Å². The molecule has 4 unspecified atom stereocenters. The number of pyridine rings is 1. The van der Waals surface area contributed by atoms with Gasteiger partial charge in [0.05, 0.1) is 13.0 Å². The molecule has 1 aromatic heterocycles. The number of fused-ring (bicyclic) bond motifs is 3. The van der Waals surface area contributed by atoms with E-state index in [1.165, 1.54) is 0 Å². The Morgan fingerprint density at radius 3 is 2.63 bits per heavy atom. The van der Waals surface area contributed by atoms with E-state index in [2.05, 4.69) is 18.8 Å². The minimum absolute atomic E-state index is 0.0601. The number of rotatable bonds is 6. The van der Waals surface area contributed by atoms with Gasteiger partial charge in [0.1, 0.15) is 6.10 Å². The van der Waals surface area contributed by atoms with Crippen LogP contribution >= 0.6 is 11.6 Å². The number of ether oxygens (including phenoxy) is 1. The van der Waals surface area contributed by atoms with Gasteiger partial charge in [-0.3, -0.25) is 9.78 Å². The maximum atomic E-state index is 12.2. The quantitative estimate of drug-likeness (QED) is 0.405. The van der Waals surface area contributed by atoms with Crippen LogP contribution in [-0.4, -0.2) is 21.1 Å². The third kappa shape index (κ3) is 3.15. The zero-order chi connectivity index (χ0) is 25.3. The summed E-state index contributed by atoms with van der Waals surface area (Å²) < 4.78 is 6.21. The fraction of sp³-hybridized carbons (Fsp3) is 0.538.